The van der Waals surface area contributed by atoms with E-state index in [2.05, 4.69) is 46.0 Å². The number of halogens is 1. The van der Waals surface area contributed by atoms with Crippen molar-refractivity contribution in [2.75, 3.05) is 13.1 Å². The van der Waals surface area contributed by atoms with Crippen LogP contribution >= 0.6 is 15.9 Å². The summed E-state index contributed by atoms with van der Waals surface area (Å²) >= 11 is 3.40. The van der Waals surface area contributed by atoms with Crippen molar-refractivity contribution in [1.29, 1.82) is 0 Å². The third kappa shape index (κ3) is 4.07. The summed E-state index contributed by atoms with van der Waals surface area (Å²) < 4.78 is 6.80. The summed E-state index contributed by atoms with van der Waals surface area (Å²) in [5.41, 5.74) is 3.32. The van der Waals surface area contributed by atoms with Gasteiger partial charge in [0.25, 0.3) is 5.91 Å². The molecule has 0 spiro atoms. The summed E-state index contributed by atoms with van der Waals surface area (Å²) in [6.45, 7) is 5.36. The number of aromatic nitrogens is 2. The van der Waals surface area contributed by atoms with Gasteiger partial charge in [0.15, 0.2) is 6.10 Å². The zero-order valence-electron chi connectivity index (χ0n) is 16.1. The molecule has 0 bridgehead atoms. The molecule has 1 saturated heterocycles. The highest BCUT2D eigenvalue weighted by molar-refractivity contribution is 9.10. The Bertz CT molecular complexity index is 975. The highest BCUT2D eigenvalue weighted by Gasteiger charge is 2.29. The Morgan fingerprint density at radius 3 is 2.64 bits per heavy atom. The highest BCUT2D eigenvalue weighted by Crippen LogP contribution is 2.28. The SMILES string of the molecule is Cc1ccc2nc(C3CCN(C(=O)C(C)Oc4ccc(Br)cc4)CC3)[nH]c2c1. The Labute approximate surface area is 173 Å². The van der Waals surface area contributed by atoms with Crippen LogP contribution in [0.15, 0.2) is 46.9 Å². The van der Waals surface area contributed by atoms with Crippen molar-refractivity contribution in [2.45, 2.75) is 38.7 Å². The van der Waals surface area contributed by atoms with Gasteiger partial charge < -0.3 is 14.6 Å². The first-order valence-electron chi connectivity index (χ1n) is 9.67. The number of nitrogens with zero attached hydrogens (tertiary/aromatic N) is 2. The number of carbonyl (C=O) groups excluding carboxylic acids is 1. The van der Waals surface area contributed by atoms with Crippen LogP contribution in [0.4, 0.5) is 0 Å². The van der Waals surface area contributed by atoms with E-state index in [0.717, 1.165) is 47.3 Å². The van der Waals surface area contributed by atoms with Crippen LogP contribution in [0.3, 0.4) is 0 Å². The Hall–Kier alpha value is -2.34. The van der Waals surface area contributed by atoms with E-state index in [1.165, 1.54) is 5.56 Å². The number of hydrogen-bond donors (Lipinski definition) is 1. The van der Waals surface area contributed by atoms with Crippen molar-refractivity contribution in [3.63, 3.8) is 0 Å². The fourth-order valence-electron chi connectivity index (χ4n) is 3.73. The molecular formula is C22H24BrN3O2. The van der Waals surface area contributed by atoms with E-state index in [0.29, 0.717) is 11.7 Å². The second kappa shape index (κ2) is 7.95. The molecule has 28 heavy (non-hydrogen) atoms. The van der Waals surface area contributed by atoms with Crippen LogP contribution < -0.4 is 4.74 Å². The molecule has 1 fully saturated rings. The zero-order chi connectivity index (χ0) is 19.7. The van der Waals surface area contributed by atoms with Gasteiger partial charge in [0.2, 0.25) is 0 Å². The maximum atomic E-state index is 12.8. The minimum absolute atomic E-state index is 0.0431. The monoisotopic (exact) mass is 441 g/mol. The van der Waals surface area contributed by atoms with E-state index in [1.54, 1.807) is 0 Å². The predicted molar refractivity (Wildman–Crippen MR) is 114 cm³/mol. The van der Waals surface area contributed by atoms with Gasteiger partial charge in [0, 0.05) is 23.5 Å². The molecule has 1 unspecified atom stereocenters. The average Bonchev–Trinajstić information content (AvgIpc) is 3.12. The molecule has 0 saturated carbocycles. The topological polar surface area (TPSA) is 58.2 Å². The minimum Gasteiger partial charge on any atom is -0.481 e. The van der Waals surface area contributed by atoms with Gasteiger partial charge in [0.05, 0.1) is 11.0 Å². The van der Waals surface area contributed by atoms with Crippen LogP contribution in [0.25, 0.3) is 11.0 Å². The number of likely N-dealkylation sites (tertiary alicyclic amines) is 1. The molecule has 1 aliphatic heterocycles. The van der Waals surface area contributed by atoms with Crippen LogP contribution in [-0.2, 0) is 4.79 Å². The molecule has 4 rings (SSSR count). The summed E-state index contributed by atoms with van der Waals surface area (Å²) in [4.78, 5) is 22.9. The van der Waals surface area contributed by atoms with Crippen molar-refractivity contribution >= 4 is 32.9 Å². The number of aryl methyl sites for hydroxylation is 1. The molecule has 1 amide bonds. The molecule has 2 heterocycles. The minimum atomic E-state index is -0.494. The summed E-state index contributed by atoms with van der Waals surface area (Å²) in [7, 11) is 0. The molecule has 0 radical (unpaired) electrons. The van der Waals surface area contributed by atoms with E-state index in [1.807, 2.05) is 36.1 Å². The fourth-order valence-corrected chi connectivity index (χ4v) is 4.00. The highest BCUT2D eigenvalue weighted by atomic mass is 79.9. The number of rotatable bonds is 4. The van der Waals surface area contributed by atoms with Crippen molar-refractivity contribution in [3.05, 3.63) is 58.3 Å². The van der Waals surface area contributed by atoms with E-state index in [9.17, 15) is 4.79 Å². The smallest absolute Gasteiger partial charge is 0.263 e. The third-order valence-corrected chi connectivity index (χ3v) is 5.85. The van der Waals surface area contributed by atoms with Crippen LogP contribution in [0, 0.1) is 6.92 Å². The molecule has 3 aromatic rings. The van der Waals surface area contributed by atoms with Crippen molar-refractivity contribution in [2.24, 2.45) is 0 Å². The van der Waals surface area contributed by atoms with Gasteiger partial charge in [-0.1, -0.05) is 22.0 Å². The largest absolute Gasteiger partial charge is 0.481 e. The van der Waals surface area contributed by atoms with E-state index in [4.69, 9.17) is 9.72 Å². The number of nitrogens with one attached hydrogen (secondary N) is 1. The van der Waals surface area contributed by atoms with Gasteiger partial charge in [-0.2, -0.15) is 0 Å². The number of fused-ring (bicyclic) bond motifs is 1. The molecule has 5 nitrogen and oxygen atoms in total. The number of amides is 1. The van der Waals surface area contributed by atoms with Gasteiger partial charge in [-0.3, -0.25) is 4.79 Å². The lowest BCUT2D eigenvalue weighted by Gasteiger charge is -2.32. The van der Waals surface area contributed by atoms with Crippen LogP contribution in [0.5, 0.6) is 5.75 Å². The summed E-state index contributed by atoms with van der Waals surface area (Å²) in [5, 5.41) is 0. The molecule has 1 atom stereocenters. The third-order valence-electron chi connectivity index (χ3n) is 5.32. The second-order valence-corrected chi connectivity index (χ2v) is 8.37. The van der Waals surface area contributed by atoms with Gasteiger partial charge in [0.1, 0.15) is 11.6 Å². The number of imidazole rings is 1. The van der Waals surface area contributed by atoms with Gasteiger partial charge in [-0.15, -0.1) is 0 Å². The number of piperidine rings is 1. The normalized spacial score (nSPS) is 16.3. The number of hydrogen-bond acceptors (Lipinski definition) is 3. The lowest BCUT2D eigenvalue weighted by atomic mass is 9.96. The van der Waals surface area contributed by atoms with Crippen LogP contribution in [-0.4, -0.2) is 40.0 Å². The molecule has 1 aliphatic rings. The van der Waals surface area contributed by atoms with Crippen LogP contribution in [0.2, 0.25) is 0 Å². The molecule has 2 aromatic carbocycles. The standard InChI is InChI=1S/C22H24BrN3O2/c1-14-3-8-19-20(13-14)25-21(24-19)16-9-11-26(12-10-16)22(27)15(2)28-18-6-4-17(23)5-7-18/h3-8,13,15-16H,9-12H2,1-2H3,(H,24,25). The maximum Gasteiger partial charge on any atom is 0.263 e. The summed E-state index contributed by atoms with van der Waals surface area (Å²) in [6.07, 6.45) is 1.33. The lowest BCUT2D eigenvalue weighted by Crippen LogP contribution is -2.44. The van der Waals surface area contributed by atoms with Crippen molar-refractivity contribution in [1.82, 2.24) is 14.9 Å². The fraction of sp³-hybridized carbons (Fsp3) is 0.364. The molecule has 6 heteroatoms. The second-order valence-electron chi connectivity index (χ2n) is 7.46. The number of benzene rings is 2. The Morgan fingerprint density at radius 2 is 1.93 bits per heavy atom. The first kappa shape index (κ1) is 19.0. The van der Waals surface area contributed by atoms with E-state index >= 15 is 0 Å². The first-order chi connectivity index (χ1) is 13.5. The molecule has 1 aromatic heterocycles. The average molecular weight is 442 g/mol. The molecule has 1 N–H and O–H groups in total. The Morgan fingerprint density at radius 1 is 1.21 bits per heavy atom. The van der Waals surface area contributed by atoms with Gasteiger partial charge >= 0.3 is 0 Å². The Kier molecular flexibility index (Phi) is 5.40. The number of H-pyrrole nitrogens is 1. The first-order valence-corrected chi connectivity index (χ1v) is 10.5. The van der Waals surface area contributed by atoms with Crippen molar-refractivity contribution < 1.29 is 9.53 Å². The maximum absolute atomic E-state index is 12.8. The lowest BCUT2D eigenvalue weighted by molar-refractivity contribution is -0.139. The molecule has 0 aliphatic carbocycles. The van der Waals surface area contributed by atoms with E-state index < -0.39 is 6.10 Å². The summed E-state index contributed by atoms with van der Waals surface area (Å²) in [6, 6.07) is 13.8. The number of ether oxygens (including phenoxy) is 1. The predicted octanol–water partition coefficient (Wildman–Crippen LogP) is 4.81. The summed E-state index contributed by atoms with van der Waals surface area (Å²) in [5.74, 6) is 2.14. The number of aromatic amines is 1. The van der Waals surface area contributed by atoms with E-state index in [-0.39, 0.29) is 5.91 Å². The van der Waals surface area contributed by atoms with Gasteiger partial charge in [-0.25, -0.2) is 4.98 Å². The van der Waals surface area contributed by atoms with Crippen molar-refractivity contribution in [3.8, 4) is 5.75 Å². The Balaban J connectivity index is 1.36. The quantitative estimate of drug-likeness (QED) is 0.631. The number of carbonyl (C=O) groups is 1. The molecular weight excluding hydrogens is 418 g/mol. The van der Waals surface area contributed by atoms with Gasteiger partial charge in [-0.05, 0) is 68.7 Å². The van der Waals surface area contributed by atoms with Crippen LogP contribution in [0.1, 0.15) is 37.1 Å². The molecule has 146 valence electrons. The zero-order valence-corrected chi connectivity index (χ0v) is 17.7.